The molecule has 0 saturated carbocycles. The van der Waals surface area contributed by atoms with Crippen molar-refractivity contribution in [1.82, 2.24) is 19.5 Å². The first-order valence-electron chi connectivity index (χ1n) is 8.41. The van der Waals surface area contributed by atoms with Crippen LogP contribution in [0, 0.1) is 0 Å². The molecule has 30 heavy (non-hydrogen) atoms. The fourth-order valence-electron chi connectivity index (χ4n) is 2.94. The number of aromatic amines is 1. The van der Waals surface area contributed by atoms with Gasteiger partial charge in [-0.3, -0.25) is 4.79 Å². The van der Waals surface area contributed by atoms with Crippen LogP contribution in [0.1, 0.15) is 5.56 Å². The van der Waals surface area contributed by atoms with Crippen molar-refractivity contribution in [3.05, 3.63) is 64.6 Å². The number of carbonyl (C=O) groups excluding carboxylic acids is 1. The number of nitrogens with one attached hydrogen (secondary N) is 2. The van der Waals surface area contributed by atoms with Crippen LogP contribution < -0.4 is 11.0 Å². The number of halogens is 3. The molecule has 0 atom stereocenters. The van der Waals surface area contributed by atoms with E-state index in [4.69, 9.17) is 0 Å². The van der Waals surface area contributed by atoms with Crippen molar-refractivity contribution in [1.29, 1.82) is 0 Å². The van der Waals surface area contributed by atoms with Crippen molar-refractivity contribution in [3.63, 3.8) is 0 Å². The average Bonchev–Trinajstić information content (AvgIpc) is 3.03. The van der Waals surface area contributed by atoms with E-state index >= 15 is 0 Å². The summed E-state index contributed by atoms with van der Waals surface area (Å²) in [6.45, 7) is 0. The number of hydrogen-bond donors (Lipinski definition) is 3. The molecule has 8 nitrogen and oxygen atoms in total. The Bertz CT molecular complexity index is 1310. The molecule has 0 fully saturated rings. The molecule has 4 aromatic rings. The van der Waals surface area contributed by atoms with Crippen molar-refractivity contribution in [3.8, 4) is 22.8 Å². The van der Waals surface area contributed by atoms with E-state index in [0.29, 0.717) is 5.56 Å². The van der Waals surface area contributed by atoms with Crippen LogP contribution in [-0.2, 0) is 11.0 Å². The summed E-state index contributed by atoms with van der Waals surface area (Å²) in [6.07, 6.45) is -3.06. The zero-order valence-corrected chi connectivity index (χ0v) is 14.9. The predicted molar refractivity (Wildman–Crippen MR) is 101 cm³/mol. The van der Waals surface area contributed by atoms with Gasteiger partial charge < -0.3 is 15.4 Å². The highest BCUT2D eigenvalue weighted by Gasteiger charge is 2.30. The van der Waals surface area contributed by atoms with Gasteiger partial charge >= 0.3 is 18.3 Å². The number of aromatic hydroxyl groups is 1. The van der Waals surface area contributed by atoms with Gasteiger partial charge in [0.25, 0.3) is 0 Å². The molecule has 0 aliphatic rings. The third kappa shape index (κ3) is 3.36. The Kier molecular flexibility index (Phi) is 4.49. The zero-order valence-electron chi connectivity index (χ0n) is 14.9. The van der Waals surface area contributed by atoms with Gasteiger partial charge in [-0.25, -0.2) is 19.3 Å². The molecule has 2 aromatic heterocycles. The maximum atomic E-state index is 12.8. The summed E-state index contributed by atoms with van der Waals surface area (Å²) in [5.41, 5.74) is -0.967. The SMILES string of the molecule is O=[C]Nc1nc(-c2cccc(O)c2)nc2c1[nH]c(=O)n2-c1ccc(C(F)(F)F)cc1. The first-order valence-corrected chi connectivity index (χ1v) is 8.41. The quantitative estimate of drug-likeness (QED) is 0.445. The normalized spacial score (nSPS) is 11.6. The minimum absolute atomic E-state index is 0.0193. The number of alkyl halides is 3. The van der Waals surface area contributed by atoms with Crippen LogP contribution in [-0.4, -0.2) is 31.0 Å². The maximum absolute atomic E-state index is 12.8. The second-order valence-electron chi connectivity index (χ2n) is 6.18. The Morgan fingerprint density at radius 1 is 1.10 bits per heavy atom. The second kappa shape index (κ2) is 7.03. The van der Waals surface area contributed by atoms with Crippen molar-refractivity contribution < 1.29 is 23.1 Å². The fraction of sp³-hybridized carbons (Fsp3) is 0.0526. The van der Waals surface area contributed by atoms with Gasteiger partial charge in [0.05, 0.1) is 11.3 Å². The van der Waals surface area contributed by atoms with Crippen LogP contribution in [0.15, 0.2) is 53.3 Å². The molecule has 1 amide bonds. The molecule has 0 aliphatic carbocycles. The molecule has 11 heteroatoms. The lowest BCUT2D eigenvalue weighted by Gasteiger charge is -2.09. The predicted octanol–water partition coefficient (Wildman–Crippen LogP) is 2.98. The van der Waals surface area contributed by atoms with Crippen molar-refractivity contribution in [2.75, 3.05) is 5.32 Å². The van der Waals surface area contributed by atoms with Crippen LogP contribution in [0.4, 0.5) is 19.0 Å². The maximum Gasteiger partial charge on any atom is 0.416 e. The molecule has 2 aromatic carbocycles. The molecule has 2 heterocycles. The first kappa shape index (κ1) is 19.2. The average molecular weight is 414 g/mol. The Morgan fingerprint density at radius 2 is 1.83 bits per heavy atom. The Balaban J connectivity index is 1.95. The molecular formula is C19H11F3N5O3. The van der Waals surface area contributed by atoms with Gasteiger partial charge in [0.2, 0.25) is 0 Å². The number of amides is 1. The van der Waals surface area contributed by atoms with E-state index < -0.39 is 17.4 Å². The highest BCUT2D eigenvalue weighted by molar-refractivity contribution is 5.91. The van der Waals surface area contributed by atoms with Gasteiger partial charge in [-0.05, 0) is 36.4 Å². The number of phenolic OH excluding ortho intramolecular Hbond substituents is 1. The van der Waals surface area contributed by atoms with E-state index in [2.05, 4.69) is 20.3 Å². The van der Waals surface area contributed by atoms with Crippen molar-refractivity contribution in [2.45, 2.75) is 6.18 Å². The minimum atomic E-state index is -4.52. The fourth-order valence-corrected chi connectivity index (χ4v) is 2.94. The van der Waals surface area contributed by atoms with Gasteiger partial charge in [0.15, 0.2) is 17.3 Å². The summed E-state index contributed by atoms with van der Waals surface area (Å²) >= 11 is 0. The Morgan fingerprint density at radius 3 is 2.47 bits per heavy atom. The number of fused-ring (bicyclic) bond motifs is 1. The standard InChI is InChI=1S/C19H11F3N5O3/c20-19(21,22)11-4-6-12(7-5-11)27-17-14(24-18(27)30)16(23-9-28)25-15(26-17)10-2-1-3-13(29)8-10/h1-8,29H,(H,24,30)(H,23,25,26,28). The van der Waals surface area contributed by atoms with Crippen molar-refractivity contribution >= 4 is 23.4 Å². The van der Waals surface area contributed by atoms with Crippen LogP contribution in [0.3, 0.4) is 0 Å². The van der Waals surface area contributed by atoms with Crippen LogP contribution >= 0.6 is 0 Å². The summed E-state index contributed by atoms with van der Waals surface area (Å²) in [4.78, 5) is 34.4. The molecule has 1 radical (unpaired) electrons. The third-order valence-corrected chi connectivity index (χ3v) is 4.26. The molecule has 0 unspecified atom stereocenters. The summed E-state index contributed by atoms with van der Waals surface area (Å²) in [7, 11) is 0. The number of aromatic nitrogens is 4. The third-order valence-electron chi connectivity index (χ3n) is 4.26. The number of nitrogens with zero attached hydrogens (tertiary/aromatic N) is 3. The van der Waals surface area contributed by atoms with E-state index in [0.717, 1.165) is 28.8 Å². The lowest BCUT2D eigenvalue weighted by atomic mass is 10.2. The monoisotopic (exact) mass is 414 g/mol. The van der Waals surface area contributed by atoms with Gasteiger partial charge in [-0.2, -0.15) is 13.2 Å². The van der Waals surface area contributed by atoms with E-state index in [9.17, 15) is 27.9 Å². The number of phenols is 1. The number of rotatable bonds is 4. The van der Waals surface area contributed by atoms with Gasteiger partial charge in [-0.15, -0.1) is 0 Å². The topological polar surface area (TPSA) is 113 Å². The molecule has 0 aliphatic heterocycles. The highest BCUT2D eigenvalue weighted by atomic mass is 19.4. The van der Waals surface area contributed by atoms with Gasteiger partial charge in [0, 0.05) is 5.56 Å². The summed E-state index contributed by atoms with van der Waals surface area (Å²) in [5, 5.41) is 11.9. The number of hydrogen-bond acceptors (Lipinski definition) is 5. The molecule has 151 valence electrons. The van der Waals surface area contributed by atoms with Crippen molar-refractivity contribution in [2.24, 2.45) is 0 Å². The van der Waals surface area contributed by atoms with E-state index in [1.54, 1.807) is 12.1 Å². The van der Waals surface area contributed by atoms with Gasteiger partial charge in [0.1, 0.15) is 11.3 Å². The lowest BCUT2D eigenvalue weighted by Crippen LogP contribution is -2.15. The smallest absolute Gasteiger partial charge is 0.416 e. The largest absolute Gasteiger partial charge is 0.508 e. The van der Waals surface area contributed by atoms with E-state index in [-0.39, 0.29) is 34.2 Å². The highest BCUT2D eigenvalue weighted by Crippen LogP contribution is 2.30. The minimum Gasteiger partial charge on any atom is -0.508 e. The van der Waals surface area contributed by atoms with Gasteiger partial charge in [-0.1, -0.05) is 12.1 Å². The molecular weight excluding hydrogens is 403 g/mol. The summed E-state index contributed by atoms with van der Waals surface area (Å²) in [6, 6.07) is 9.92. The number of imidazole rings is 1. The van der Waals surface area contributed by atoms with E-state index in [1.807, 2.05) is 0 Å². The molecule has 0 saturated heterocycles. The summed E-state index contributed by atoms with van der Waals surface area (Å²) < 4.78 is 39.6. The number of H-pyrrole nitrogens is 1. The zero-order chi connectivity index (χ0) is 21.5. The van der Waals surface area contributed by atoms with Crippen LogP contribution in [0.5, 0.6) is 5.75 Å². The molecule has 0 spiro atoms. The summed E-state index contributed by atoms with van der Waals surface area (Å²) in [5.74, 6) is -0.0474. The Hall–Kier alpha value is -4.15. The molecule has 3 N–H and O–H groups in total. The number of anilines is 1. The molecule has 0 bridgehead atoms. The lowest BCUT2D eigenvalue weighted by molar-refractivity contribution is -0.137. The molecule has 4 rings (SSSR count). The van der Waals surface area contributed by atoms with Crippen LogP contribution in [0.25, 0.3) is 28.2 Å². The van der Waals surface area contributed by atoms with Crippen LogP contribution in [0.2, 0.25) is 0 Å². The first-order chi connectivity index (χ1) is 14.3. The second-order valence-corrected chi connectivity index (χ2v) is 6.18. The van der Waals surface area contributed by atoms with E-state index in [1.165, 1.54) is 18.5 Å². The Labute approximate surface area is 165 Å². The number of benzene rings is 2.